The van der Waals surface area contributed by atoms with E-state index in [2.05, 4.69) is 4.57 Å². The van der Waals surface area contributed by atoms with Crippen molar-refractivity contribution in [1.29, 1.82) is 0 Å². The molecule has 0 spiro atoms. The van der Waals surface area contributed by atoms with Crippen LogP contribution in [0.1, 0.15) is 16.4 Å². The van der Waals surface area contributed by atoms with Gasteiger partial charge >= 0.3 is 5.63 Å². The van der Waals surface area contributed by atoms with E-state index in [0.717, 1.165) is 38.6 Å². The summed E-state index contributed by atoms with van der Waals surface area (Å²) in [7, 11) is 1.64. The fourth-order valence-corrected chi connectivity index (χ4v) is 5.37. The number of rotatable bonds is 2. The van der Waals surface area contributed by atoms with Crippen LogP contribution in [0.4, 0.5) is 0 Å². The van der Waals surface area contributed by atoms with Crippen molar-refractivity contribution >= 4 is 33.8 Å². The molecule has 5 aromatic rings. The topological polar surface area (TPSA) is 57.3 Å². The normalized spacial score (nSPS) is 15.2. The number of aromatic nitrogens is 2. The average molecular weight is 412 g/mol. The molecule has 0 fully saturated rings. The molecule has 30 heavy (non-hydrogen) atoms. The molecule has 1 unspecified atom stereocenters. The molecule has 1 aliphatic rings. The molecule has 1 aliphatic heterocycles. The van der Waals surface area contributed by atoms with Crippen LogP contribution in [-0.4, -0.2) is 16.7 Å². The lowest BCUT2D eigenvalue weighted by Crippen LogP contribution is -2.21. The van der Waals surface area contributed by atoms with Gasteiger partial charge in [0, 0.05) is 5.39 Å². The maximum atomic E-state index is 13.2. The van der Waals surface area contributed by atoms with Crippen LogP contribution in [0, 0.1) is 0 Å². The van der Waals surface area contributed by atoms with Crippen LogP contribution < -0.4 is 10.4 Å². The van der Waals surface area contributed by atoms with Crippen LogP contribution in [0.25, 0.3) is 27.7 Å². The van der Waals surface area contributed by atoms with Gasteiger partial charge in [0.25, 0.3) is 0 Å². The van der Waals surface area contributed by atoms with Crippen molar-refractivity contribution in [2.24, 2.45) is 0 Å². The Hall–Kier alpha value is -3.51. The lowest BCUT2D eigenvalue weighted by atomic mass is 10.0. The highest BCUT2D eigenvalue weighted by atomic mass is 32.2. The SMILES string of the molecule is COc1ccc(C2Sc3nc4ccccc4n3-c3c2c(=O)oc2ccccc32)cc1. The first-order chi connectivity index (χ1) is 14.7. The van der Waals surface area contributed by atoms with E-state index in [9.17, 15) is 4.79 Å². The van der Waals surface area contributed by atoms with Gasteiger partial charge in [-0.05, 0) is 42.0 Å². The molecule has 1 atom stereocenters. The number of nitrogens with zero attached hydrogens (tertiary/aromatic N) is 2. The zero-order chi connectivity index (χ0) is 20.2. The Morgan fingerprint density at radius 3 is 2.60 bits per heavy atom. The summed E-state index contributed by atoms with van der Waals surface area (Å²) in [6.07, 6.45) is 0. The molecule has 0 N–H and O–H groups in total. The van der Waals surface area contributed by atoms with Gasteiger partial charge < -0.3 is 9.15 Å². The van der Waals surface area contributed by atoms with Crippen LogP contribution in [0.5, 0.6) is 5.75 Å². The molecule has 5 nitrogen and oxygen atoms in total. The van der Waals surface area contributed by atoms with Crippen molar-refractivity contribution in [2.45, 2.75) is 10.4 Å². The maximum absolute atomic E-state index is 13.2. The van der Waals surface area contributed by atoms with Crippen molar-refractivity contribution in [1.82, 2.24) is 9.55 Å². The molecular weight excluding hydrogens is 396 g/mol. The molecule has 3 heterocycles. The van der Waals surface area contributed by atoms with Crippen LogP contribution in [0.3, 0.4) is 0 Å². The van der Waals surface area contributed by atoms with Gasteiger partial charge in [0.05, 0.1) is 34.6 Å². The van der Waals surface area contributed by atoms with Crippen molar-refractivity contribution in [2.75, 3.05) is 7.11 Å². The largest absolute Gasteiger partial charge is 0.497 e. The molecule has 0 aliphatic carbocycles. The highest BCUT2D eigenvalue weighted by molar-refractivity contribution is 7.99. The standard InChI is InChI=1S/C24H16N2O3S/c1-28-15-12-10-14(11-13-15)22-20-21(16-6-2-5-9-19(16)29-23(20)27)26-18-8-4-3-7-17(18)25-24(26)30-22/h2-13,22H,1H3. The van der Waals surface area contributed by atoms with Gasteiger partial charge in [0.15, 0.2) is 5.16 Å². The second kappa shape index (κ2) is 6.50. The molecule has 2 aromatic heterocycles. The summed E-state index contributed by atoms with van der Waals surface area (Å²) < 4.78 is 13.1. The zero-order valence-corrected chi connectivity index (χ0v) is 16.8. The number of methoxy groups -OCH3 is 1. The minimum Gasteiger partial charge on any atom is -0.497 e. The third kappa shape index (κ3) is 2.44. The van der Waals surface area contributed by atoms with Crippen molar-refractivity contribution in [3.63, 3.8) is 0 Å². The van der Waals surface area contributed by atoms with Gasteiger partial charge in [-0.3, -0.25) is 4.57 Å². The Bertz CT molecular complexity index is 1480. The van der Waals surface area contributed by atoms with Gasteiger partial charge in [-0.25, -0.2) is 9.78 Å². The van der Waals surface area contributed by atoms with E-state index in [1.165, 1.54) is 0 Å². The molecule has 0 saturated carbocycles. The molecule has 0 amide bonds. The van der Waals surface area contributed by atoms with Crippen LogP contribution in [0.2, 0.25) is 0 Å². The summed E-state index contributed by atoms with van der Waals surface area (Å²) in [6.45, 7) is 0. The number of fused-ring (bicyclic) bond motifs is 7. The Labute approximate surface area is 175 Å². The fraction of sp³-hybridized carbons (Fsp3) is 0.0833. The van der Waals surface area contributed by atoms with Crippen molar-refractivity contribution in [3.05, 3.63) is 94.3 Å². The van der Waals surface area contributed by atoms with Gasteiger partial charge in [0.2, 0.25) is 0 Å². The second-order valence-corrected chi connectivity index (χ2v) is 8.21. The average Bonchev–Trinajstić information content (AvgIpc) is 3.17. The molecule has 0 radical (unpaired) electrons. The molecule has 6 rings (SSSR count). The van der Waals surface area contributed by atoms with Crippen LogP contribution >= 0.6 is 11.8 Å². The number of para-hydroxylation sites is 3. The lowest BCUT2D eigenvalue weighted by Gasteiger charge is -2.26. The van der Waals surface area contributed by atoms with Gasteiger partial charge in [-0.15, -0.1) is 0 Å². The lowest BCUT2D eigenvalue weighted by molar-refractivity contribution is 0.414. The van der Waals surface area contributed by atoms with Gasteiger partial charge in [0.1, 0.15) is 11.3 Å². The Morgan fingerprint density at radius 1 is 1.00 bits per heavy atom. The minimum absolute atomic E-state index is 0.226. The smallest absolute Gasteiger partial charge is 0.343 e. The highest BCUT2D eigenvalue weighted by Gasteiger charge is 2.34. The quantitative estimate of drug-likeness (QED) is 0.367. The Morgan fingerprint density at radius 2 is 1.77 bits per heavy atom. The predicted octanol–water partition coefficient (Wildman–Crippen LogP) is 5.34. The molecule has 0 saturated heterocycles. The summed E-state index contributed by atoms with van der Waals surface area (Å²) in [5.41, 5.74) is 4.63. The second-order valence-electron chi connectivity index (χ2n) is 7.14. The number of thioether (sulfide) groups is 1. The number of hydrogen-bond acceptors (Lipinski definition) is 5. The molecule has 146 valence electrons. The third-order valence-electron chi connectivity index (χ3n) is 5.48. The highest BCUT2D eigenvalue weighted by Crippen LogP contribution is 2.49. The number of ether oxygens (including phenoxy) is 1. The van der Waals surface area contributed by atoms with E-state index in [1.54, 1.807) is 18.9 Å². The first-order valence-corrected chi connectivity index (χ1v) is 10.5. The Kier molecular flexibility index (Phi) is 3.76. The van der Waals surface area contributed by atoms with Crippen LogP contribution in [0.15, 0.2) is 87.2 Å². The van der Waals surface area contributed by atoms with E-state index >= 15 is 0 Å². The van der Waals surface area contributed by atoms with E-state index in [-0.39, 0.29) is 10.9 Å². The van der Waals surface area contributed by atoms with Crippen LogP contribution in [-0.2, 0) is 0 Å². The molecule has 0 bridgehead atoms. The van der Waals surface area contributed by atoms with Gasteiger partial charge in [-0.1, -0.05) is 48.2 Å². The number of imidazole rings is 1. The van der Waals surface area contributed by atoms with Gasteiger partial charge in [-0.2, -0.15) is 0 Å². The first-order valence-electron chi connectivity index (χ1n) is 9.59. The summed E-state index contributed by atoms with van der Waals surface area (Å²) in [5, 5.41) is 1.53. The van der Waals surface area contributed by atoms with Crippen molar-refractivity contribution < 1.29 is 9.15 Å². The van der Waals surface area contributed by atoms with E-state index in [1.807, 2.05) is 72.8 Å². The minimum atomic E-state index is -0.319. The molecule has 3 aromatic carbocycles. The maximum Gasteiger partial charge on any atom is 0.343 e. The van der Waals surface area contributed by atoms with E-state index in [4.69, 9.17) is 14.1 Å². The first kappa shape index (κ1) is 17.4. The molecular formula is C24H16N2O3S. The summed E-state index contributed by atoms with van der Waals surface area (Å²) in [4.78, 5) is 18.1. The fourth-order valence-electron chi connectivity index (χ4n) is 4.10. The Balaban J connectivity index is 1.72. The summed E-state index contributed by atoms with van der Waals surface area (Å²) >= 11 is 1.57. The summed E-state index contributed by atoms with van der Waals surface area (Å²) in [6, 6.07) is 23.5. The van der Waals surface area contributed by atoms with Crippen molar-refractivity contribution in [3.8, 4) is 11.4 Å². The zero-order valence-electron chi connectivity index (χ0n) is 16.0. The predicted molar refractivity (Wildman–Crippen MR) is 118 cm³/mol. The van der Waals surface area contributed by atoms with E-state index < -0.39 is 0 Å². The monoisotopic (exact) mass is 412 g/mol. The summed E-state index contributed by atoms with van der Waals surface area (Å²) in [5.74, 6) is 0.776. The number of hydrogen-bond donors (Lipinski definition) is 0. The number of benzene rings is 3. The molecule has 6 heteroatoms. The third-order valence-corrected chi connectivity index (χ3v) is 6.71. The van der Waals surface area contributed by atoms with E-state index in [0.29, 0.717) is 11.1 Å².